The Kier molecular flexibility index (Phi) is 7.70. The van der Waals surface area contributed by atoms with E-state index in [1.165, 1.54) is 18.3 Å². The molecule has 12 heteroatoms. The summed E-state index contributed by atoms with van der Waals surface area (Å²) in [6.07, 6.45) is -5.32. The lowest BCUT2D eigenvalue weighted by Gasteiger charge is -2.16. The van der Waals surface area contributed by atoms with E-state index in [1.54, 1.807) is 23.5 Å². The van der Waals surface area contributed by atoms with Crippen LogP contribution in [-0.4, -0.2) is 51.4 Å². The van der Waals surface area contributed by atoms with Crippen LogP contribution in [0.15, 0.2) is 41.3 Å². The second kappa shape index (κ2) is 10.5. The summed E-state index contributed by atoms with van der Waals surface area (Å²) in [7, 11) is 0. The van der Waals surface area contributed by atoms with Gasteiger partial charge in [-0.2, -0.15) is 18.2 Å². The number of carbonyl (C=O) groups excluding carboxylic acids is 2. The SMILES string of the molecule is CC[C@H]1O[C@@H](n2cc(C#CCNC(=O)C(F)(F)F)c(NC(=O)c3ccccc3)nc2=O)C[C@H]1O. The summed E-state index contributed by atoms with van der Waals surface area (Å²) in [5.41, 5.74) is -0.505. The van der Waals surface area contributed by atoms with Crippen molar-refractivity contribution in [3.8, 4) is 11.8 Å². The molecule has 0 unspecified atom stereocenters. The molecule has 3 atom stereocenters. The summed E-state index contributed by atoms with van der Waals surface area (Å²) in [5, 5.41) is 14.2. The molecule has 0 radical (unpaired) electrons. The van der Waals surface area contributed by atoms with Gasteiger partial charge in [-0.15, -0.1) is 0 Å². The number of aromatic nitrogens is 2. The van der Waals surface area contributed by atoms with Crippen molar-refractivity contribution in [2.75, 3.05) is 11.9 Å². The third-order valence-corrected chi connectivity index (χ3v) is 4.95. The van der Waals surface area contributed by atoms with E-state index in [0.29, 0.717) is 6.42 Å². The number of alkyl halides is 3. The van der Waals surface area contributed by atoms with E-state index in [9.17, 15) is 32.7 Å². The van der Waals surface area contributed by atoms with E-state index in [2.05, 4.69) is 22.1 Å². The zero-order valence-electron chi connectivity index (χ0n) is 17.9. The van der Waals surface area contributed by atoms with Gasteiger partial charge in [0.15, 0.2) is 5.82 Å². The van der Waals surface area contributed by atoms with E-state index in [0.717, 1.165) is 4.57 Å². The number of rotatable bonds is 5. The van der Waals surface area contributed by atoms with Crippen molar-refractivity contribution >= 4 is 17.6 Å². The van der Waals surface area contributed by atoms with Gasteiger partial charge < -0.3 is 20.5 Å². The third kappa shape index (κ3) is 6.00. The van der Waals surface area contributed by atoms with Crippen LogP contribution in [0, 0.1) is 11.8 Å². The minimum Gasteiger partial charge on any atom is -0.390 e. The van der Waals surface area contributed by atoms with E-state index >= 15 is 0 Å². The molecule has 1 fully saturated rings. The summed E-state index contributed by atoms with van der Waals surface area (Å²) in [5.74, 6) is 1.91. The van der Waals surface area contributed by atoms with Crippen molar-refractivity contribution < 1.29 is 32.6 Å². The Labute approximate surface area is 191 Å². The van der Waals surface area contributed by atoms with Gasteiger partial charge in [-0.05, 0) is 18.6 Å². The molecule has 3 rings (SSSR count). The van der Waals surface area contributed by atoms with Gasteiger partial charge in [0.05, 0.1) is 24.3 Å². The molecule has 1 aliphatic rings. The molecule has 1 aliphatic heterocycles. The fourth-order valence-electron chi connectivity index (χ4n) is 3.25. The molecular weight excluding hydrogens is 457 g/mol. The van der Waals surface area contributed by atoms with Crippen LogP contribution in [0.2, 0.25) is 0 Å². The highest BCUT2D eigenvalue weighted by Crippen LogP contribution is 2.29. The smallest absolute Gasteiger partial charge is 0.390 e. The molecule has 0 saturated carbocycles. The fourth-order valence-corrected chi connectivity index (χ4v) is 3.25. The Balaban J connectivity index is 1.91. The van der Waals surface area contributed by atoms with Gasteiger partial charge >= 0.3 is 17.8 Å². The molecule has 180 valence electrons. The van der Waals surface area contributed by atoms with E-state index < -0.39 is 48.7 Å². The van der Waals surface area contributed by atoms with Crippen molar-refractivity contribution in [1.29, 1.82) is 0 Å². The van der Waals surface area contributed by atoms with E-state index in [1.807, 2.05) is 6.92 Å². The number of ether oxygens (including phenoxy) is 1. The van der Waals surface area contributed by atoms with E-state index in [-0.39, 0.29) is 23.4 Å². The maximum atomic E-state index is 12.6. The van der Waals surface area contributed by atoms with Crippen LogP contribution in [0.25, 0.3) is 0 Å². The lowest BCUT2D eigenvalue weighted by atomic mass is 10.1. The monoisotopic (exact) mass is 478 g/mol. The molecular formula is C22H21F3N4O5. The second-order valence-corrected chi connectivity index (χ2v) is 7.34. The Morgan fingerprint density at radius 3 is 2.62 bits per heavy atom. The number of nitrogens with zero attached hydrogens (tertiary/aromatic N) is 2. The predicted octanol–water partition coefficient (Wildman–Crippen LogP) is 1.58. The quantitative estimate of drug-likeness (QED) is 0.561. The minimum atomic E-state index is -5.05. The Bertz CT molecular complexity index is 1170. The summed E-state index contributed by atoms with van der Waals surface area (Å²) in [4.78, 5) is 40.0. The molecule has 0 bridgehead atoms. The number of halogens is 3. The van der Waals surface area contributed by atoms with Gasteiger partial charge in [0.1, 0.15) is 6.23 Å². The van der Waals surface area contributed by atoms with Gasteiger partial charge in [-0.3, -0.25) is 14.2 Å². The summed E-state index contributed by atoms with van der Waals surface area (Å²) < 4.78 is 43.8. The second-order valence-electron chi connectivity index (χ2n) is 7.34. The number of benzene rings is 1. The van der Waals surface area contributed by atoms with Gasteiger partial charge in [0.2, 0.25) is 0 Å². The molecule has 9 nitrogen and oxygen atoms in total. The molecule has 0 aliphatic carbocycles. The van der Waals surface area contributed by atoms with Crippen LogP contribution in [0.4, 0.5) is 19.0 Å². The van der Waals surface area contributed by atoms with Crippen molar-refractivity contribution in [2.24, 2.45) is 0 Å². The van der Waals surface area contributed by atoms with Crippen molar-refractivity contribution in [2.45, 2.75) is 44.4 Å². The molecule has 1 saturated heterocycles. The zero-order chi connectivity index (χ0) is 24.9. The first kappa shape index (κ1) is 24.9. The Morgan fingerprint density at radius 2 is 2.00 bits per heavy atom. The molecule has 1 aromatic carbocycles. The summed E-state index contributed by atoms with van der Waals surface area (Å²) in [6, 6.07) is 8.05. The Hall–Kier alpha value is -3.69. The Morgan fingerprint density at radius 1 is 1.29 bits per heavy atom. The lowest BCUT2D eigenvalue weighted by Crippen LogP contribution is -2.36. The van der Waals surface area contributed by atoms with Crippen molar-refractivity contribution in [3.05, 3.63) is 58.1 Å². The first-order valence-corrected chi connectivity index (χ1v) is 10.3. The topological polar surface area (TPSA) is 123 Å². The fraction of sp³-hybridized carbons (Fsp3) is 0.364. The van der Waals surface area contributed by atoms with Crippen molar-refractivity contribution in [3.63, 3.8) is 0 Å². The average Bonchev–Trinajstić information content (AvgIpc) is 3.17. The maximum Gasteiger partial charge on any atom is 0.471 e. The molecule has 1 aromatic heterocycles. The van der Waals surface area contributed by atoms with Gasteiger partial charge in [-0.1, -0.05) is 37.0 Å². The maximum absolute atomic E-state index is 12.6. The van der Waals surface area contributed by atoms with Gasteiger partial charge in [0, 0.05) is 18.2 Å². The number of aliphatic hydroxyl groups excluding tert-OH is 1. The molecule has 34 heavy (non-hydrogen) atoms. The first-order chi connectivity index (χ1) is 16.1. The van der Waals surface area contributed by atoms with Crippen LogP contribution in [0.1, 0.15) is 41.9 Å². The number of carbonyl (C=O) groups is 2. The molecule has 3 N–H and O–H groups in total. The number of anilines is 1. The highest BCUT2D eigenvalue weighted by molar-refractivity contribution is 6.04. The highest BCUT2D eigenvalue weighted by Gasteiger charge is 2.38. The summed E-state index contributed by atoms with van der Waals surface area (Å²) >= 11 is 0. The lowest BCUT2D eigenvalue weighted by molar-refractivity contribution is -0.173. The largest absolute Gasteiger partial charge is 0.471 e. The van der Waals surface area contributed by atoms with Crippen LogP contribution < -0.4 is 16.3 Å². The molecule has 2 heterocycles. The number of nitrogens with one attached hydrogen (secondary N) is 2. The molecule has 2 amide bonds. The van der Waals surface area contributed by atoms with Gasteiger partial charge in [0.25, 0.3) is 5.91 Å². The standard InChI is InChI=1S/C22H21F3N4O5/c1-2-16-15(30)11-17(34-16)29-12-14(9-6-10-26-20(32)22(23,24)25)18(28-21(29)33)27-19(31)13-7-4-3-5-8-13/h3-5,7-8,12,15-17,30H,2,10-11H2,1H3,(H,26,32)(H,27,28,31,33)/t15-,16-,17-/m1/s1. The number of hydrogen-bond acceptors (Lipinski definition) is 6. The zero-order valence-corrected chi connectivity index (χ0v) is 17.9. The molecule has 2 aromatic rings. The predicted molar refractivity (Wildman–Crippen MR) is 114 cm³/mol. The number of hydrogen-bond donors (Lipinski definition) is 3. The number of amides is 2. The van der Waals surface area contributed by atoms with Crippen LogP contribution in [0.3, 0.4) is 0 Å². The minimum absolute atomic E-state index is 0.00294. The van der Waals surface area contributed by atoms with Gasteiger partial charge in [-0.25, -0.2) is 4.79 Å². The third-order valence-electron chi connectivity index (χ3n) is 4.95. The van der Waals surface area contributed by atoms with Crippen molar-refractivity contribution in [1.82, 2.24) is 14.9 Å². The van der Waals surface area contributed by atoms with Crippen LogP contribution in [0.5, 0.6) is 0 Å². The number of aliphatic hydroxyl groups is 1. The normalized spacial score (nSPS) is 19.7. The highest BCUT2D eigenvalue weighted by atomic mass is 19.4. The van der Waals surface area contributed by atoms with Crippen LogP contribution >= 0.6 is 0 Å². The van der Waals surface area contributed by atoms with E-state index in [4.69, 9.17) is 4.74 Å². The molecule has 0 spiro atoms. The van der Waals surface area contributed by atoms with Crippen LogP contribution in [-0.2, 0) is 9.53 Å². The average molecular weight is 478 g/mol. The first-order valence-electron chi connectivity index (χ1n) is 10.3. The summed E-state index contributed by atoms with van der Waals surface area (Å²) in [6.45, 7) is 1.17.